The highest BCUT2D eigenvalue weighted by Gasteiger charge is 2.70. The van der Waals surface area contributed by atoms with Crippen LogP contribution in [0.1, 0.15) is 114 Å². The summed E-state index contributed by atoms with van der Waals surface area (Å²) >= 11 is 0. The Labute approximate surface area is 257 Å². The van der Waals surface area contributed by atoms with Crippen LogP contribution in [0.15, 0.2) is 16.8 Å². The topological polar surface area (TPSA) is 109 Å². The van der Waals surface area contributed by atoms with Crippen molar-refractivity contribution in [2.45, 2.75) is 120 Å². The van der Waals surface area contributed by atoms with Gasteiger partial charge in [-0.3, -0.25) is 14.4 Å². The number of carbonyl (C=O) groups is 3. The number of ketones is 1. The lowest BCUT2D eigenvalue weighted by atomic mass is 9.34. The molecule has 3 saturated carbocycles. The van der Waals surface area contributed by atoms with Gasteiger partial charge in [-0.15, -0.1) is 5.10 Å². The molecule has 1 heterocycles. The summed E-state index contributed by atoms with van der Waals surface area (Å²) in [5.74, 6) is -0.111. The van der Waals surface area contributed by atoms with Gasteiger partial charge >= 0.3 is 5.97 Å². The van der Waals surface area contributed by atoms with Crippen LogP contribution in [0.4, 0.5) is 0 Å². The van der Waals surface area contributed by atoms with Crippen molar-refractivity contribution < 1.29 is 23.9 Å². The van der Waals surface area contributed by atoms with Crippen molar-refractivity contribution >= 4 is 23.6 Å². The van der Waals surface area contributed by atoms with Gasteiger partial charge in [0.1, 0.15) is 0 Å². The molecule has 8 nitrogen and oxygen atoms in total. The van der Waals surface area contributed by atoms with Crippen LogP contribution in [0.5, 0.6) is 0 Å². The van der Waals surface area contributed by atoms with Gasteiger partial charge < -0.3 is 9.47 Å². The van der Waals surface area contributed by atoms with Crippen molar-refractivity contribution in [2.24, 2.45) is 55.3 Å². The van der Waals surface area contributed by atoms with E-state index in [1.807, 2.05) is 13.0 Å². The molecule has 0 aromatic heterocycles. The van der Waals surface area contributed by atoms with Gasteiger partial charge in [0.15, 0.2) is 5.78 Å². The quantitative estimate of drug-likeness (QED) is 0.332. The van der Waals surface area contributed by atoms with Gasteiger partial charge in [0.05, 0.1) is 18.6 Å². The average Bonchev–Trinajstić information content (AvgIpc) is 3.33. The number of nitrogens with zero attached hydrogens (tertiary/aromatic N) is 3. The van der Waals surface area contributed by atoms with Crippen molar-refractivity contribution in [2.75, 3.05) is 7.11 Å². The summed E-state index contributed by atoms with van der Waals surface area (Å²) in [5, 5.41) is 16.1. The highest BCUT2D eigenvalue weighted by atomic mass is 16.5. The summed E-state index contributed by atoms with van der Waals surface area (Å²) in [6.07, 6.45) is 7.66. The molecule has 43 heavy (non-hydrogen) atoms. The highest BCUT2D eigenvalue weighted by Crippen LogP contribution is 2.74. The van der Waals surface area contributed by atoms with Gasteiger partial charge in [-0.1, -0.05) is 47.1 Å². The zero-order valence-electron chi connectivity index (χ0n) is 27.9. The molecule has 9 atom stereocenters. The van der Waals surface area contributed by atoms with Crippen molar-refractivity contribution in [3.8, 4) is 6.07 Å². The number of methoxy groups -OCH3 is 1. The van der Waals surface area contributed by atoms with Crippen LogP contribution in [0, 0.1) is 61.6 Å². The molecule has 4 aliphatic carbocycles. The minimum absolute atomic E-state index is 0.0331. The summed E-state index contributed by atoms with van der Waals surface area (Å²) in [6.45, 7) is 18.6. The zero-order valence-corrected chi connectivity index (χ0v) is 27.9. The molecule has 0 radical (unpaired) electrons. The molecule has 8 heteroatoms. The first-order valence-corrected chi connectivity index (χ1v) is 16.1. The van der Waals surface area contributed by atoms with E-state index >= 15 is 0 Å². The summed E-state index contributed by atoms with van der Waals surface area (Å²) in [7, 11) is 1.47. The number of nitriles is 1. The third-order valence-electron chi connectivity index (χ3n) is 13.6. The van der Waals surface area contributed by atoms with Gasteiger partial charge in [-0.2, -0.15) is 10.3 Å². The summed E-state index contributed by atoms with van der Waals surface area (Å²) in [6, 6.07) is 2.48. The Kier molecular flexibility index (Phi) is 7.31. The molecule has 0 unspecified atom stereocenters. The van der Waals surface area contributed by atoms with E-state index in [0.717, 1.165) is 38.5 Å². The van der Waals surface area contributed by atoms with E-state index in [9.17, 15) is 19.6 Å². The largest absolute Gasteiger partial charge is 0.469 e. The summed E-state index contributed by atoms with van der Waals surface area (Å²) < 4.78 is 11.4. The van der Waals surface area contributed by atoms with E-state index in [-0.39, 0.29) is 58.1 Å². The number of carbonyl (C=O) groups excluding carboxylic acids is 3. The molecular formula is C35H51N3O5. The summed E-state index contributed by atoms with van der Waals surface area (Å²) in [5.41, 5.74) is -1.17. The number of hydrogen-bond acceptors (Lipinski definition) is 7. The van der Waals surface area contributed by atoms with Crippen LogP contribution in [-0.4, -0.2) is 41.9 Å². The maximum Gasteiger partial charge on any atom is 0.311 e. The van der Waals surface area contributed by atoms with Crippen LogP contribution >= 0.6 is 0 Å². The minimum Gasteiger partial charge on any atom is -0.469 e. The minimum atomic E-state index is -0.649. The number of rotatable bonds is 4. The number of ether oxygens (including phenoxy) is 2. The number of hydrazone groups is 1. The van der Waals surface area contributed by atoms with Crippen LogP contribution in [0.2, 0.25) is 0 Å². The number of hydrogen-bond donors (Lipinski definition) is 0. The number of allylic oxidation sites excluding steroid dienone is 2. The lowest BCUT2D eigenvalue weighted by Gasteiger charge is -2.69. The van der Waals surface area contributed by atoms with Gasteiger partial charge in [0.25, 0.3) is 0 Å². The fourth-order valence-electron chi connectivity index (χ4n) is 10.9. The highest BCUT2D eigenvalue weighted by molar-refractivity contribution is 5.95. The lowest BCUT2D eigenvalue weighted by molar-refractivity contribution is -0.192. The van der Waals surface area contributed by atoms with Crippen LogP contribution in [-0.2, 0) is 23.9 Å². The van der Waals surface area contributed by atoms with Crippen LogP contribution in [0.3, 0.4) is 0 Å². The molecule has 0 aromatic rings. The fraction of sp³-hybridized carbons (Fsp3) is 0.800. The smallest absolute Gasteiger partial charge is 0.311 e. The molecule has 1 amide bonds. The third kappa shape index (κ3) is 4.26. The zero-order chi connectivity index (χ0) is 32.0. The van der Waals surface area contributed by atoms with E-state index in [0.29, 0.717) is 12.3 Å². The molecule has 0 saturated heterocycles. The molecule has 0 bridgehead atoms. The molecule has 5 aliphatic rings. The molecule has 236 valence electrons. The predicted molar refractivity (Wildman–Crippen MR) is 163 cm³/mol. The standard InChI is InChI=1S/C35H51N3O5/c1-21-37-38(22(2)39)28(43-21)30(3,4)26-11-12-35(9)27(33(26,7)17-18-36)25(40)19-23-24-20-32(6,29(41)42-10)14-13-31(24,5)15-16-34(23,35)8/h19,24,26-28H,11-17,20H2,1-10H3/t24-,26-,27+,28+,31+,32-,33-,34+,35+/m0/s1. The van der Waals surface area contributed by atoms with E-state index in [1.165, 1.54) is 24.6 Å². The molecule has 0 N–H and O–H groups in total. The van der Waals surface area contributed by atoms with Crippen LogP contribution < -0.4 is 0 Å². The Morgan fingerprint density at radius 2 is 1.79 bits per heavy atom. The maximum atomic E-state index is 14.7. The van der Waals surface area contributed by atoms with Crippen molar-refractivity contribution in [1.29, 1.82) is 5.26 Å². The normalized spacial score (nSPS) is 44.1. The predicted octanol–water partition coefficient (Wildman–Crippen LogP) is 6.80. The molecule has 1 aliphatic heterocycles. The van der Waals surface area contributed by atoms with Crippen LogP contribution in [0.25, 0.3) is 0 Å². The fourth-order valence-corrected chi connectivity index (χ4v) is 10.9. The second kappa shape index (κ2) is 9.91. The number of fused-ring (bicyclic) bond motifs is 5. The average molecular weight is 594 g/mol. The molecular weight excluding hydrogens is 542 g/mol. The second-order valence-electron chi connectivity index (χ2n) is 16.4. The monoisotopic (exact) mass is 593 g/mol. The number of esters is 1. The first kappa shape index (κ1) is 31.7. The van der Waals surface area contributed by atoms with Gasteiger partial charge in [-0.25, -0.2) is 0 Å². The molecule has 0 spiro atoms. The van der Waals surface area contributed by atoms with E-state index < -0.39 is 22.5 Å². The molecule has 5 rings (SSSR count). The maximum absolute atomic E-state index is 14.7. The Balaban J connectivity index is 1.60. The first-order chi connectivity index (χ1) is 19.8. The van der Waals surface area contributed by atoms with Gasteiger partial charge in [-0.05, 0) is 91.4 Å². The van der Waals surface area contributed by atoms with Crippen molar-refractivity contribution in [3.63, 3.8) is 0 Å². The second-order valence-corrected chi connectivity index (χ2v) is 16.4. The lowest BCUT2D eigenvalue weighted by Crippen LogP contribution is -2.65. The Morgan fingerprint density at radius 1 is 1.14 bits per heavy atom. The summed E-state index contributed by atoms with van der Waals surface area (Å²) in [4.78, 5) is 40.2. The SMILES string of the molecule is COC(=O)[C@@]1(C)CC[C@]2(C)CC[C@]3(C)C(=CC(=O)[C@@H]4[C@@](C)(CC#N)[C@H](C(C)(C)[C@H]5OC(C)=NN5C(C)=O)CC[C@]43C)[C@@H]2C1. The van der Waals surface area contributed by atoms with Gasteiger partial charge in [0, 0.05) is 31.6 Å². The van der Waals surface area contributed by atoms with Crippen molar-refractivity contribution in [1.82, 2.24) is 5.01 Å². The van der Waals surface area contributed by atoms with E-state index in [2.05, 4.69) is 52.7 Å². The Hall–Kier alpha value is -2.69. The molecule has 3 fully saturated rings. The third-order valence-corrected chi connectivity index (χ3v) is 13.6. The van der Waals surface area contributed by atoms with E-state index in [4.69, 9.17) is 9.47 Å². The first-order valence-electron chi connectivity index (χ1n) is 16.1. The van der Waals surface area contributed by atoms with Gasteiger partial charge in [0.2, 0.25) is 18.0 Å². The Morgan fingerprint density at radius 3 is 2.40 bits per heavy atom. The Bertz CT molecular complexity index is 1340. The number of amides is 1. The van der Waals surface area contributed by atoms with E-state index in [1.54, 1.807) is 6.92 Å². The molecule has 0 aromatic carbocycles. The van der Waals surface area contributed by atoms with Crippen molar-refractivity contribution in [3.05, 3.63) is 11.6 Å².